The van der Waals surface area contributed by atoms with Crippen LogP contribution in [0.1, 0.15) is 18.9 Å². The molecule has 18 heavy (non-hydrogen) atoms. The molecule has 1 atom stereocenters. The van der Waals surface area contributed by atoms with Crippen LogP contribution in [0, 0.1) is 0 Å². The second-order valence-electron chi connectivity index (χ2n) is 4.45. The number of rotatable bonds is 7. The second kappa shape index (κ2) is 7.01. The molecule has 1 aromatic carbocycles. The molecule has 0 spiro atoms. The molecule has 4 nitrogen and oxygen atoms in total. The molecule has 0 aliphatic heterocycles. The first kappa shape index (κ1) is 14.5. The molecule has 0 aliphatic rings. The highest BCUT2D eigenvalue weighted by Gasteiger charge is 2.15. The van der Waals surface area contributed by atoms with Crippen LogP contribution >= 0.6 is 0 Å². The van der Waals surface area contributed by atoms with Gasteiger partial charge in [0.05, 0.1) is 7.11 Å². The van der Waals surface area contributed by atoms with Crippen molar-refractivity contribution in [1.82, 2.24) is 4.90 Å². The summed E-state index contributed by atoms with van der Waals surface area (Å²) in [6.45, 7) is 2.48. The van der Waals surface area contributed by atoms with E-state index in [2.05, 4.69) is 0 Å². The number of nitrogens with zero attached hydrogens (tertiary/aromatic N) is 1. The zero-order valence-electron chi connectivity index (χ0n) is 11.2. The Hall–Kier alpha value is -1.55. The van der Waals surface area contributed by atoms with Crippen LogP contribution in [0.2, 0.25) is 0 Å². The molecule has 1 rings (SSSR count). The Labute approximate surface area is 108 Å². The number of methoxy groups -OCH3 is 1. The Bertz CT molecular complexity index is 375. The minimum Gasteiger partial charge on any atom is -0.497 e. The molecular formula is C14H21NO3. The molecule has 0 aromatic heterocycles. The van der Waals surface area contributed by atoms with Gasteiger partial charge in [0.2, 0.25) is 0 Å². The third-order valence-electron chi connectivity index (χ3n) is 3.15. The van der Waals surface area contributed by atoms with Crippen molar-refractivity contribution in [3.05, 3.63) is 29.8 Å². The number of carboxylic acids is 1. The SMILES string of the molecule is COc1ccc(CCCN(C)C(C)C(=O)O)cc1. The molecule has 1 N–H and O–H groups in total. The minimum atomic E-state index is -0.776. The minimum absolute atomic E-state index is 0.430. The lowest BCUT2D eigenvalue weighted by Gasteiger charge is -2.20. The van der Waals surface area contributed by atoms with Crippen LogP contribution < -0.4 is 4.74 Å². The van der Waals surface area contributed by atoms with Crippen molar-refractivity contribution in [2.45, 2.75) is 25.8 Å². The normalized spacial score (nSPS) is 12.4. The average molecular weight is 251 g/mol. The van der Waals surface area contributed by atoms with E-state index in [1.54, 1.807) is 14.0 Å². The van der Waals surface area contributed by atoms with Gasteiger partial charge in [-0.2, -0.15) is 0 Å². The van der Waals surface area contributed by atoms with Gasteiger partial charge in [-0.15, -0.1) is 0 Å². The lowest BCUT2D eigenvalue weighted by atomic mass is 10.1. The van der Waals surface area contributed by atoms with E-state index in [-0.39, 0.29) is 0 Å². The predicted molar refractivity (Wildman–Crippen MR) is 71.0 cm³/mol. The molecule has 0 amide bonds. The number of benzene rings is 1. The highest BCUT2D eigenvalue weighted by atomic mass is 16.5. The fourth-order valence-corrected chi connectivity index (χ4v) is 1.71. The molecule has 4 heteroatoms. The van der Waals surface area contributed by atoms with Gasteiger partial charge in [0.15, 0.2) is 0 Å². The number of ether oxygens (including phenoxy) is 1. The number of likely N-dealkylation sites (N-methyl/N-ethyl adjacent to an activating group) is 1. The summed E-state index contributed by atoms with van der Waals surface area (Å²) < 4.78 is 5.10. The summed E-state index contributed by atoms with van der Waals surface area (Å²) in [6.07, 6.45) is 1.89. The fraction of sp³-hybridized carbons (Fsp3) is 0.500. The van der Waals surface area contributed by atoms with Crippen molar-refractivity contribution < 1.29 is 14.6 Å². The van der Waals surface area contributed by atoms with Crippen molar-refractivity contribution in [2.75, 3.05) is 20.7 Å². The standard InChI is InChI=1S/C14H21NO3/c1-11(14(16)17)15(2)10-4-5-12-6-8-13(18-3)9-7-12/h6-9,11H,4-5,10H2,1-3H3,(H,16,17). The summed E-state index contributed by atoms with van der Waals surface area (Å²) >= 11 is 0. The Kier molecular flexibility index (Phi) is 5.65. The third kappa shape index (κ3) is 4.37. The number of hydrogen-bond acceptors (Lipinski definition) is 3. The van der Waals surface area contributed by atoms with Crippen LogP contribution in [0.3, 0.4) is 0 Å². The molecule has 1 unspecified atom stereocenters. The maximum atomic E-state index is 10.8. The lowest BCUT2D eigenvalue weighted by molar-refractivity contribution is -0.142. The van der Waals surface area contributed by atoms with Gasteiger partial charge in [-0.3, -0.25) is 9.69 Å². The van der Waals surface area contributed by atoms with Gasteiger partial charge in [-0.05, 0) is 51.1 Å². The molecule has 0 aliphatic carbocycles. The molecule has 0 fully saturated rings. The van der Waals surface area contributed by atoms with Gasteiger partial charge in [0.25, 0.3) is 0 Å². The summed E-state index contributed by atoms with van der Waals surface area (Å²) in [5, 5.41) is 8.87. The van der Waals surface area contributed by atoms with Crippen LogP contribution in [0.25, 0.3) is 0 Å². The van der Waals surface area contributed by atoms with Crippen molar-refractivity contribution in [3.63, 3.8) is 0 Å². The van der Waals surface area contributed by atoms with Crippen molar-refractivity contribution >= 4 is 5.97 Å². The maximum absolute atomic E-state index is 10.8. The maximum Gasteiger partial charge on any atom is 0.320 e. The summed E-state index contributed by atoms with van der Waals surface area (Å²) in [4.78, 5) is 12.6. The van der Waals surface area contributed by atoms with Crippen LogP contribution in [0.4, 0.5) is 0 Å². The smallest absolute Gasteiger partial charge is 0.320 e. The summed E-state index contributed by atoms with van der Waals surface area (Å²) in [7, 11) is 3.49. The predicted octanol–water partition coefficient (Wildman–Crippen LogP) is 2.03. The Morgan fingerprint density at radius 1 is 1.39 bits per heavy atom. The van der Waals surface area contributed by atoms with Gasteiger partial charge in [-0.1, -0.05) is 12.1 Å². The van der Waals surface area contributed by atoms with Crippen LogP contribution in [0.15, 0.2) is 24.3 Å². The first-order valence-electron chi connectivity index (χ1n) is 6.10. The molecule has 0 bridgehead atoms. The Balaban J connectivity index is 2.34. The molecular weight excluding hydrogens is 230 g/mol. The second-order valence-corrected chi connectivity index (χ2v) is 4.45. The number of aryl methyl sites for hydroxylation is 1. The Morgan fingerprint density at radius 2 is 2.00 bits per heavy atom. The zero-order chi connectivity index (χ0) is 13.5. The molecule has 0 heterocycles. The van der Waals surface area contributed by atoms with Gasteiger partial charge < -0.3 is 9.84 Å². The number of hydrogen-bond donors (Lipinski definition) is 1. The van der Waals surface area contributed by atoms with Crippen molar-refractivity contribution in [3.8, 4) is 5.75 Å². The van der Waals surface area contributed by atoms with E-state index in [9.17, 15) is 4.79 Å². The zero-order valence-corrected chi connectivity index (χ0v) is 11.2. The van der Waals surface area contributed by atoms with E-state index in [1.807, 2.05) is 36.2 Å². The van der Waals surface area contributed by atoms with Crippen molar-refractivity contribution in [2.24, 2.45) is 0 Å². The van der Waals surface area contributed by atoms with E-state index in [4.69, 9.17) is 9.84 Å². The number of carboxylic acid groups (broad SMARTS) is 1. The third-order valence-corrected chi connectivity index (χ3v) is 3.15. The first-order chi connectivity index (χ1) is 8.54. The first-order valence-corrected chi connectivity index (χ1v) is 6.10. The van der Waals surface area contributed by atoms with Gasteiger partial charge in [0, 0.05) is 0 Å². The Morgan fingerprint density at radius 3 is 2.50 bits per heavy atom. The number of aliphatic carboxylic acids is 1. The molecule has 1 aromatic rings. The van der Waals surface area contributed by atoms with Crippen LogP contribution in [-0.4, -0.2) is 42.7 Å². The van der Waals surface area contributed by atoms with E-state index >= 15 is 0 Å². The average Bonchev–Trinajstić information content (AvgIpc) is 2.38. The van der Waals surface area contributed by atoms with Gasteiger partial charge in [0.1, 0.15) is 11.8 Å². The van der Waals surface area contributed by atoms with Crippen LogP contribution in [-0.2, 0) is 11.2 Å². The summed E-state index contributed by atoms with van der Waals surface area (Å²) in [6, 6.07) is 7.54. The van der Waals surface area contributed by atoms with Crippen LogP contribution in [0.5, 0.6) is 5.75 Å². The van der Waals surface area contributed by atoms with E-state index < -0.39 is 12.0 Å². The monoisotopic (exact) mass is 251 g/mol. The van der Waals surface area contributed by atoms with Crippen molar-refractivity contribution in [1.29, 1.82) is 0 Å². The largest absolute Gasteiger partial charge is 0.497 e. The highest BCUT2D eigenvalue weighted by Crippen LogP contribution is 2.12. The van der Waals surface area contributed by atoms with E-state index in [0.717, 1.165) is 25.1 Å². The topological polar surface area (TPSA) is 49.8 Å². The van der Waals surface area contributed by atoms with E-state index in [0.29, 0.717) is 0 Å². The fourth-order valence-electron chi connectivity index (χ4n) is 1.71. The molecule has 0 radical (unpaired) electrons. The van der Waals surface area contributed by atoms with E-state index in [1.165, 1.54) is 5.56 Å². The molecule has 0 saturated heterocycles. The molecule has 100 valence electrons. The van der Waals surface area contributed by atoms with Gasteiger partial charge in [-0.25, -0.2) is 0 Å². The molecule has 0 saturated carbocycles. The summed E-state index contributed by atoms with van der Waals surface area (Å²) in [5.41, 5.74) is 1.24. The highest BCUT2D eigenvalue weighted by molar-refractivity contribution is 5.72. The van der Waals surface area contributed by atoms with Gasteiger partial charge >= 0.3 is 5.97 Å². The number of carbonyl (C=O) groups is 1. The summed E-state index contributed by atoms with van der Waals surface area (Å²) in [5.74, 6) is 0.0808. The quantitative estimate of drug-likeness (QED) is 0.805. The lowest BCUT2D eigenvalue weighted by Crippen LogP contribution is -2.36.